The number of nitrogens with zero attached hydrogens (tertiary/aromatic N) is 2. The zero-order valence-electron chi connectivity index (χ0n) is 17.7. The van der Waals surface area contributed by atoms with Gasteiger partial charge >= 0.3 is 0 Å². The van der Waals surface area contributed by atoms with Gasteiger partial charge in [-0.1, -0.05) is 6.07 Å². The molecule has 0 saturated carbocycles. The molecular formula is C21H29N3O5S. The smallest absolute Gasteiger partial charge is 0.270 e. The monoisotopic (exact) mass is 435 g/mol. The van der Waals surface area contributed by atoms with Crippen molar-refractivity contribution >= 4 is 23.2 Å². The highest BCUT2D eigenvalue weighted by Gasteiger charge is 2.19. The van der Waals surface area contributed by atoms with E-state index in [1.54, 1.807) is 55.9 Å². The van der Waals surface area contributed by atoms with Crippen molar-refractivity contribution in [2.24, 2.45) is 0 Å². The molecule has 8 nitrogen and oxygen atoms in total. The summed E-state index contributed by atoms with van der Waals surface area (Å²) >= 11 is 1.36. The number of amides is 2. The van der Waals surface area contributed by atoms with Crippen LogP contribution in [0.3, 0.4) is 0 Å². The Balaban J connectivity index is 2.06. The van der Waals surface area contributed by atoms with Gasteiger partial charge in [0, 0.05) is 51.5 Å². The predicted octanol–water partition coefficient (Wildman–Crippen LogP) is 2.60. The molecule has 1 heterocycles. The first-order valence-corrected chi connectivity index (χ1v) is 10.6. The van der Waals surface area contributed by atoms with E-state index < -0.39 is 0 Å². The molecule has 0 radical (unpaired) electrons. The first kappa shape index (κ1) is 23.8. The minimum atomic E-state index is -0.223. The minimum absolute atomic E-state index is 0.120. The zero-order chi connectivity index (χ0) is 21.8. The fraction of sp³-hybridized carbons (Fsp3) is 0.476. The molecule has 0 saturated heterocycles. The first-order valence-electron chi connectivity index (χ1n) is 9.72. The lowest BCUT2D eigenvalue weighted by molar-refractivity contribution is 0.0723. The largest absolute Gasteiger partial charge is 0.497 e. The highest BCUT2D eigenvalue weighted by molar-refractivity contribution is 7.09. The van der Waals surface area contributed by atoms with Crippen LogP contribution in [-0.2, 0) is 16.0 Å². The molecule has 0 atom stereocenters. The molecule has 2 rings (SSSR count). The quantitative estimate of drug-likeness (QED) is 0.487. The topological polar surface area (TPSA) is 90.0 Å². The number of aromatic nitrogens is 1. The van der Waals surface area contributed by atoms with Crippen LogP contribution in [0.4, 0.5) is 0 Å². The van der Waals surface area contributed by atoms with Crippen LogP contribution in [0.1, 0.15) is 38.7 Å². The first-order chi connectivity index (χ1) is 14.6. The Hall–Kier alpha value is -2.49. The molecule has 2 amide bonds. The second-order valence-corrected chi connectivity index (χ2v) is 7.48. The summed E-state index contributed by atoms with van der Waals surface area (Å²) in [5.74, 6) is 0.281. The van der Waals surface area contributed by atoms with E-state index in [4.69, 9.17) is 14.2 Å². The third-order valence-electron chi connectivity index (χ3n) is 4.30. The van der Waals surface area contributed by atoms with Gasteiger partial charge in [0.2, 0.25) is 0 Å². The van der Waals surface area contributed by atoms with E-state index in [9.17, 15) is 9.59 Å². The highest BCUT2D eigenvalue weighted by atomic mass is 32.1. The van der Waals surface area contributed by atoms with Crippen LogP contribution in [0.5, 0.6) is 5.75 Å². The number of ether oxygens (including phenoxy) is 3. The molecule has 1 N–H and O–H groups in total. The van der Waals surface area contributed by atoms with Gasteiger partial charge in [-0.05, 0) is 31.0 Å². The van der Waals surface area contributed by atoms with Gasteiger partial charge in [0.1, 0.15) is 16.5 Å². The maximum absolute atomic E-state index is 13.1. The number of carbonyl (C=O) groups is 2. The molecule has 0 aliphatic heterocycles. The molecule has 1 aromatic carbocycles. The number of rotatable bonds is 13. The molecule has 0 aliphatic carbocycles. The van der Waals surface area contributed by atoms with Crippen molar-refractivity contribution in [3.8, 4) is 5.75 Å². The van der Waals surface area contributed by atoms with Gasteiger partial charge in [0.25, 0.3) is 11.8 Å². The predicted molar refractivity (Wildman–Crippen MR) is 115 cm³/mol. The van der Waals surface area contributed by atoms with Crippen molar-refractivity contribution < 1.29 is 23.8 Å². The van der Waals surface area contributed by atoms with Crippen molar-refractivity contribution in [2.75, 3.05) is 47.6 Å². The lowest BCUT2D eigenvalue weighted by Crippen LogP contribution is -2.32. The molecule has 0 bridgehead atoms. The molecule has 30 heavy (non-hydrogen) atoms. The van der Waals surface area contributed by atoms with E-state index in [1.807, 2.05) is 0 Å². The molecule has 0 fully saturated rings. The number of benzene rings is 1. The van der Waals surface area contributed by atoms with E-state index in [2.05, 4.69) is 10.3 Å². The fourth-order valence-corrected chi connectivity index (χ4v) is 3.54. The van der Waals surface area contributed by atoms with Gasteiger partial charge in [0.05, 0.1) is 13.7 Å². The molecule has 0 spiro atoms. The Kier molecular flexibility index (Phi) is 10.3. The number of hydrogen-bond acceptors (Lipinski definition) is 7. The second-order valence-electron chi connectivity index (χ2n) is 6.53. The van der Waals surface area contributed by atoms with Crippen LogP contribution in [0.15, 0.2) is 29.6 Å². The van der Waals surface area contributed by atoms with E-state index in [0.717, 1.165) is 6.42 Å². The van der Waals surface area contributed by atoms with Gasteiger partial charge in [-0.25, -0.2) is 4.98 Å². The van der Waals surface area contributed by atoms with Gasteiger partial charge < -0.3 is 24.4 Å². The normalized spacial score (nSPS) is 10.6. The van der Waals surface area contributed by atoms with Crippen molar-refractivity contribution in [2.45, 2.75) is 19.4 Å². The molecule has 9 heteroatoms. The Morgan fingerprint density at radius 2 is 1.90 bits per heavy atom. The summed E-state index contributed by atoms with van der Waals surface area (Å²) in [4.78, 5) is 31.4. The summed E-state index contributed by atoms with van der Waals surface area (Å²) in [6, 6.07) is 7.06. The van der Waals surface area contributed by atoms with Gasteiger partial charge in [0.15, 0.2) is 0 Å². The number of thiazole rings is 1. The Morgan fingerprint density at radius 1 is 1.13 bits per heavy atom. The third kappa shape index (κ3) is 7.40. The number of hydrogen-bond donors (Lipinski definition) is 1. The zero-order valence-corrected chi connectivity index (χ0v) is 18.5. The summed E-state index contributed by atoms with van der Waals surface area (Å²) in [5.41, 5.74) is 0.900. The van der Waals surface area contributed by atoms with Gasteiger partial charge in [-0.15, -0.1) is 11.3 Å². The van der Waals surface area contributed by atoms with E-state index >= 15 is 0 Å². The van der Waals surface area contributed by atoms with Crippen LogP contribution in [0, 0.1) is 0 Å². The summed E-state index contributed by atoms with van der Waals surface area (Å²) in [6.07, 6.45) is 1.44. The number of nitrogens with one attached hydrogen (secondary N) is 1. The fourth-order valence-electron chi connectivity index (χ4n) is 2.75. The molecule has 0 aliphatic rings. The van der Waals surface area contributed by atoms with Crippen LogP contribution in [0.25, 0.3) is 0 Å². The van der Waals surface area contributed by atoms with Crippen LogP contribution < -0.4 is 10.1 Å². The average molecular weight is 436 g/mol. The second kappa shape index (κ2) is 12.9. The minimum Gasteiger partial charge on any atom is -0.497 e. The molecule has 164 valence electrons. The van der Waals surface area contributed by atoms with E-state index in [-0.39, 0.29) is 11.8 Å². The van der Waals surface area contributed by atoms with Crippen LogP contribution in [0.2, 0.25) is 0 Å². The maximum Gasteiger partial charge on any atom is 0.270 e. The van der Waals surface area contributed by atoms with Crippen LogP contribution >= 0.6 is 11.3 Å². The van der Waals surface area contributed by atoms with E-state index in [1.165, 1.54) is 11.3 Å². The van der Waals surface area contributed by atoms with Crippen LogP contribution in [-0.4, -0.2) is 69.3 Å². The summed E-state index contributed by atoms with van der Waals surface area (Å²) in [5, 5.41) is 5.23. The SMILES string of the molecule is COCCCNC(=O)c1csc(CN(CCCOC)C(=O)c2cccc(OC)c2)n1. The summed E-state index contributed by atoms with van der Waals surface area (Å²) in [7, 11) is 4.82. The molecule has 1 aromatic heterocycles. The van der Waals surface area contributed by atoms with Gasteiger partial charge in [-0.3, -0.25) is 9.59 Å². The summed E-state index contributed by atoms with van der Waals surface area (Å²) in [6.45, 7) is 2.50. The lowest BCUT2D eigenvalue weighted by atomic mass is 10.2. The van der Waals surface area contributed by atoms with Gasteiger partial charge in [-0.2, -0.15) is 0 Å². The standard InChI is InChI=1S/C21H29N3O5S/c1-27-11-5-9-22-20(25)18-15-30-19(23-18)14-24(10-6-12-28-2)21(26)16-7-4-8-17(13-16)29-3/h4,7-8,13,15H,5-6,9-12,14H2,1-3H3,(H,22,25). The summed E-state index contributed by atoms with van der Waals surface area (Å²) < 4.78 is 15.3. The molecular weight excluding hydrogens is 406 g/mol. The Morgan fingerprint density at radius 3 is 2.63 bits per heavy atom. The third-order valence-corrected chi connectivity index (χ3v) is 5.14. The lowest BCUT2D eigenvalue weighted by Gasteiger charge is -2.22. The highest BCUT2D eigenvalue weighted by Crippen LogP contribution is 2.18. The number of methoxy groups -OCH3 is 3. The molecule has 2 aromatic rings. The average Bonchev–Trinajstić information content (AvgIpc) is 3.24. The van der Waals surface area contributed by atoms with Crippen molar-refractivity contribution in [3.05, 3.63) is 45.9 Å². The maximum atomic E-state index is 13.1. The number of carbonyl (C=O) groups excluding carboxylic acids is 2. The van der Waals surface area contributed by atoms with Crippen molar-refractivity contribution in [1.29, 1.82) is 0 Å². The molecule has 0 unspecified atom stereocenters. The van der Waals surface area contributed by atoms with E-state index in [0.29, 0.717) is 61.3 Å². The van der Waals surface area contributed by atoms with Crippen molar-refractivity contribution in [3.63, 3.8) is 0 Å². The van der Waals surface area contributed by atoms with Crippen molar-refractivity contribution in [1.82, 2.24) is 15.2 Å². The Bertz CT molecular complexity index is 811. The Labute approximate surface area is 181 Å².